The Labute approximate surface area is 148 Å². The van der Waals surface area contributed by atoms with Gasteiger partial charge in [0.1, 0.15) is 18.0 Å². The van der Waals surface area contributed by atoms with Gasteiger partial charge in [-0.3, -0.25) is 0 Å². The lowest BCUT2D eigenvalue weighted by Crippen LogP contribution is -2.35. The van der Waals surface area contributed by atoms with Crippen molar-refractivity contribution in [3.8, 4) is 0 Å². The minimum absolute atomic E-state index is 0.161. The molecule has 4 nitrogen and oxygen atoms in total. The SMILES string of the molecule is Fc1ccc(CC2CCN(c3cc([C@H]4CCOC4)ncn3)CC2)cc1. The van der Waals surface area contributed by atoms with E-state index in [0.29, 0.717) is 11.8 Å². The molecule has 1 aromatic heterocycles. The average molecular weight is 341 g/mol. The Bertz CT molecular complexity index is 692. The van der Waals surface area contributed by atoms with Crippen LogP contribution in [0.3, 0.4) is 0 Å². The summed E-state index contributed by atoms with van der Waals surface area (Å²) in [7, 11) is 0. The van der Waals surface area contributed by atoms with Crippen LogP contribution >= 0.6 is 0 Å². The number of anilines is 1. The molecule has 0 radical (unpaired) electrons. The van der Waals surface area contributed by atoms with Gasteiger partial charge in [0.25, 0.3) is 0 Å². The van der Waals surface area contributed by atoms with E-state index in [2.05, 4.69) is 20.9 Å². The van der Waals surface area contributed by atoms with Crippen LogP contribution in [0.4, 0.5) is 10.2 Å². The summed E-state index contributed by atoms with van der Waals surface area (Å²) in [6.07, 6.45) is 6.05. The fourth-order valence-corrected chi connectivity index (χ4v) is 3.85. The Hall–Kier alpha value is -2.01. The van der Waals surface area contributed by atoms with E-state index in [0.717, 1.165) is 63.5 Å². The summed E-state index contributed by atoms with van der Waals surface area (Å²) < 4.78 is 18.5. The predicted molar refractivity (Wildman–Crippen MR) is 95.3 cm³/mol. The van der Waals surface area contributed by atoms with E-state index < -0.39 is 0 Å². The Morgan fingerprint density at radius 3 is 2.60 bits per heavy atom. The Morgan fingerprint density at radius 2 is 1.88 bits per heavy atom. The van der Waals surface area contributed by atoms with Crippen molar-refractivity contribution in [2.75, 3.05) is 31.2 Å². The molecule has 2 aliphatic heterocycles. The molecule has 4 rings (SSSR count). The van der Waals surface area contributed by atoms with Crippen molar-refractivity contribution in [1.82, 2.24) is 9.97 Å². The quantitative estimate of drug-likeness (QED) is 0.852. The van der Waals surface area contributed by atoms with Gasteiger partial charge in [-0.15, -0.1) is 0 Å². The van der Waals surface area contributed by atoms with E-state index in [1.807, 2.05) is 12.1 Å². The maximum Gasteiger partial charge on any atom is 0.132 e. The third kappa shape index (κ3) is 3.98. The number of aromatic nitrogens is 2. The smallest absolute Gasteiger partial charge is 0.132 e. The van der Waals surface area contributed by atoms with Gasteiger partial charge in [-0.05, 0) is 49.3 Å². The molecule has 0 amide bonds. The predicted octanol–water partition coefficient (Wildman–Crippen LogP) is 3.58. The zero-order chi connectivity index (χ0) is 17.1. The van der Waals surface area contributed by atoms with E-state index in [9.17, 15) is 4.39 Å². The van der Waals surface area contributed by atoms with Crippen molar-refractivity contribution in [2.45, 2.75) is 31.6 Å². The Kier molecular flexibility index (Phi) is 4.92. The molecular formula is C20H24FN3O. The van der Waals surface area contributed by atoms with Crippen molar-refractivity contribution in [2.24, 2.45) is 5.92 Å². The monoisotopic (exact) mass is 341 g/mol. The molecule has 0 bridgehead atoms. The number of rotatable bonds is 4. The van der Waals surface area contributed by atoms with E-state index >= 15 is 0 Å². The van der Waals surface area contributed by atoms with Crippen molar-refractivity contribution < 1.29 is 9.13 Å². The second kappa shape index (κ2) is 7.48. The highest BCUT2D eigenvalue weighted by molar-refractivity contribution is 5.40. The summed E-state index contributed by atoms with van der Waals surface area (Å²) in [5.41, 5.74) is 2.33. The lowest BCUT2D eigenvalue weighted by atomic mass is 9.90. The lowest BCUT2D eigenvalue weighted by Gasteiger charge is -2.33. The van der Waals surface area contributed by atoms with Crippen LogP contribution in [-0.4, -0.2) is 36.3 Å². The molecule has 2 aromatic rings. The van der Waals surface area contributed by atoms with Gasteiger partial charge in [-0.25, -0.2) is 14.4 Å². The van der Waals surface area contributed by atoms with Crippen molar-refractivity contribution >= 4 is 5.82 Å². The number of benzene rings is 1. The van der Waals surface area contributed by atoms with Gasteiger partial charge in [0, 0.05) is 31.7 Å². The molecule has 1 atom stereocenters. The average Bonchev–Trinajstić information content (AvgIpc) is 3.19. The molecule has 2 saturated heterocycles. The number of hydrogen-bond acceptors (Lipinski definition) is 4. The van der Waals surface area contributed by atoms with Crippen molar-refractivity contribution in [3.05, 3.63) is 53.7 Å². The molecule has 2 aliphatic rings. The van der Waals surface area contributed by atoms with Crippen LogP contribution in [0.15, 0.2) is 36.7 Å². The van der Waals surface area contributed by atoms with Crippen LogP contribution in [0.25, 0.3) is 0 Å². The molecule has 0 N–H and O–H groups in total. The van der Waals surface area contributed by atoms with E-state index in [4.69, 9.17) is 4.74 Å². The third-order valence-electron chi connectivity index (χ3n) is 5.40. The van der Waals surface area contributed by atoms with Gasteiger partial charge in [0.2, 0.25) is 0 Å². The molecule has 0 unspecified atom stereocenters. The first-order chi connectivity index (χ1) is 12.3. The number of piperidine rings is 1. The van der Waals surface area contributed by atoms with Crippen LogP contribution < -0.4 is 4.90 Å². The normalized spacial score (nSPS) is 21.6. The van der Waals surface area contributed by atoms with Crippen LogP contribution in [-0.2, 0) is 11.2 Å². The molecule has 0 spiro atoms. The topological polar surface area (TPSA) is 38.2 Å². The van der Waals surface area contributed by atoms with Gasteiger partial charge >= 0.3 is 0 Å². The standard InChI is InChI=1S/C20H24FN3O/c21-18-3-1-15(2-4-18)11-16-5-8-24(9-6-16)20-12-19(22-14-23-20)17-7-10-25-13-17/h1-4,12,14,16-17H,5-11,13H2/t17-/m0/s1. The largest absolute Gasteiger partial charge is 0.381 e. The van der Waals surface area contributed by atoms with E-state index in [-0.39, 0.29) is 5.82 Å². The molecular weight excluding hydrogens is 317 g/mol. The van der Waals surface area contributed by atoms with Crippen molar-refractivity contribution in [3.63, 3.8) is 0 Å². The molecule has 132 valence electrons. The van der Waals surface area contributed by atoms with E-state index in [1.54, 1.807) is 18.5 Å². The van der Waals surface area contributed by atoms with Crippen LogP contribution in [0.2, 0.25) is 0 Å². The number of hydrogen-bond donors (Lipinski definition) is 0. The third-order valence-corrected chi connectivity index (χ3v) is 5.40. The van der Waals surface area contributed by atoms with Gasteiger partial charge in [0.05, 0.1) is 12.3 Å². The zero-order valence-corrected chi connectivity index (χ0v) is 14.4. The first-order valence-corrected chi connectivity index (χ1v) is 9.17. The Morgan fingerprint density at radius 1 is 1.08 bits per heavy atom. The summed E-state index contributed by atoms with van der Waals surface area (Å²) in [6, 6.07) is 9.06. The highest BCUT2D eigenvalue weighted by Gasteiger charge is 2.23. The summed E-state index contributed by atoms with van der Waals surface area (Å²) in [6.45, 7) is 3.64. The molecule has 25 heavy (non-hydrogen) atoms. The van der Waals surface area contributed by atoms with Crippen LogP contribution in [0, 0.1) is 11.7 Å². The molecule has 3 heterocycles. The van der Waals surface area contributed by atoms with Gasteiger partial charge < -0.3 is 9.64 Å². The summed E-state index contributed by atoms with van der Waals surface area (Å²) in [5, 5.41) is 0. The van der Waals surface area contributed by atoms with Gasteiger partial charge in [-0.1, -0.05) is 12.1 Å². The minimum atomic E-state index is -0.161. The maximum absolute atomic E-state index is 13.0. The second-order valence-electron chi connectivity index (χ2n) is 7.12. The molecule has 1 aromatic carbocycles. The first-order valence-electron chi connectivity index (χ1n) is 9.17. The summed E-state index contributed by atoms with van der Waals surface area (Å²) >= 11 is 0. The molecule has 0 aliphatic carbocycles. The zero-order valence-electron chi connectivity index (χ0n) is 14.4. The minimum Gasteiger partial charge on any atom is -0.381 e. The molecule has 5 heteroatoms. The van der Waals surface area contributed by atoms with Crippen LogP contribution in [0.5, 0.6) is 0 Å². The second-order valence-corrected chi connectivity index (χ2v) is 7.12. The van der Waals surface area contributed by atoms with E-state index in [1.165, 1.54) is 5.56 Å². The highest BCUT2D eigenvalue weighted by Crippen LogP contribution is 2.28. The molecule has 2 fully saturated rings. The van der Waals surface area contributed by atoms with Crippen LogP contribution in [0.1, 0.15) is 36.4 Å². The number of halogens is 1. The fourth-order valence-electron chi connectivity index (χ4n) is 3.85. The van der Waals surface area contributed by atoms with Gasteiger partial charge in [-0.2, -0.15) is 0 Å². The molecule has 0 saturated carbocycles. The number of nitrogens with zero attached hydrogens (tertiary/aromatic N) is 3. The highest BCUT2D eigenvalue weighted by atomic mass is 19.1. The maximum atomic E-state index is 13.0. The Balaban J connectivity index is 1.35. The van der Waals surface area contributed by atoms with Gasteiger partial charge in [0.15, 0.2) is 0 Å². The summed E-state index contributed by atoms with van der Waals surface area (Å²) in [4.78, 5) is 11.3. The van der Waals surface area contributed by atoms with Crippen molar-refractivity contribution in [1.29, 1.82) is 0 Å². The number of ether oxygens (including phenoxy) is 1. The fraction of sp³-hybridized carbons (Fsp3) is 0.500. The summed E-state index contributed by atoms with van der Waals surface area (Å²) in [5.74, 6) is 1.95. The lowest BCUT2D eigenvalue weighted by molar-refractivity contribution is 0.193. The first kappa shape index (κ1) is 16.5.